The molecule has 0 radical (unpaired) electrons. The number of nitrogens with one attached hydrogen (secondary N) is 1. The Hall–Kier alpha value is -1.55. The van der Waals surface area contributed by atoms with Crippen molar-refractivity contribution in [1.82, 2.24) is 5.32 Å². The first-order valence-corrected chi connectivity index (χ1v) is 6.16. The molecule has 1 aromatic carbocycles. The van der Waals surface area contributed by atoms with Crippen LogP contribution in [0.4, 0.5) is 0 Å². The maximum absolute atomic E-state index is 10.7. The molecule has 0 spiro atoms. The summed E-state index contributed by atoms with van der Waals surface area (Å²) in [6.45, 7) is 7.76. The zero-order valence-electron chi connectivity index (χ0n) is 11.2. The van der Waals surface area contributed by atoms with Gasteiger partial charge in [-0.2, -0.15) is 0 Å². The Morgan fingerprint density at radius 2 is 1.94 bits per heavy atom. The lowest BCUT2D eigenvalue weighted by Gasteiger charge is -2.24. The van der Waals surface area contributed by atoms with Crippen molar-refractivity contribution in [3.05, 3.63) is 29.8 Å². The van der Waals surface area contributed by atoms with E-state index < -0.39 is 5.97 Å². The van der Waals surface area contributed by atoms with E-state index in [9.17, 15) is 4.79 Å². The lowest BCUT2D eigenvalue weighted by molar-refractivity contribution is 0.0697. The van der Waals surface area contributed by atoms with E-state index in [0.29, 0.717) is 12.4 Å². The molecule has 0 bridgehead atoms. The number of carboxylic acids is 1. The number of carbonyl (C=O) groups is 1. The lowest BCUT2D eigenvalue weighted by Crippen LogP contribution is -2.40. The normalized spacial score (nSPS) is 11.3. The Morgan fingerprint density at radius 1 is 1.33 bits per heavy atom. The fraction of sp³-hybridized carbons (Fsp3) is 0.500. The molecule has 0 fully saturated rings. The van der Waals surface area contributed by atoms with Crippen molar-refractivity contribution in [2.45, 2.75) is 32.7 Å². The minimum atomic E-state index is -0.923. The summed E-state index contributed by atoms with van der Waals surface area (Å²) in [5.41, 5.74) is 0.392. The van der Waals surface area contributed by atoms with Crippen LogP contribution in [-0.4, -0.2) is 29.8 Å². The SMILES string of the molecule is CCC(C)(C)NCCOc1ccc(C(=O)O)cc1. The lowest BCUT2D eigenvalue weighted by atomic mass is 10.0. The molecular formula is C14H21NO3. The van der Waals surface area contributed by atoms with Crippen LogP contribution in [0.1, 0.15) is 37.6 Å². The van der Waals surface area contributed by atoms with Gasteiger partial charge >= 0.3 is 5.97 Å². The molecule has 0 atom stereocenters. The highest BCUT2D eigenvalue weighted by Crippen LogP contribution is 2.12. The molecule has 0 heterocycles. The van der Waals surface area contributed by atoms with Crippen LogP contribution in [0.15, 0.2) is 24.3 Å². The summed E-state index contributed by atoms with van der Waals surface area (Å²) in [5.74, 6) is -0.232. The molecule has 1 rings (SSSR count). The molecule has 18 heavy (non-hydrogen) atoms. The molecule has 0 saturated heterocycles. The van der Waals surface area contributed by atoms with Gasteiger partial charge in [-0.25, -0.2) is 4.79 Å². The summed E-state index contributed by atoms with van der Waals surface area (Å²) < 4.78 is 5.53. The molecule has 1 aromatic rings. The molecule has 0 aliphatic rings. The second-order valence-corrected chi connectivity index (χ2v) is 4.84. The summed E-state index contributed by atoms with van der Waals surface area (Å²) in [6.07, 6.45) is 1.06. The Labute approximate surface area is 108 Å². The standard InChI is InChI=1S/C14H21NO3/c1-4-14(2,3)15-9-10-18-12-7-5-11(6-8-12)13(16)17/h5-8,15H,4,9-10H2,1-3H3,(H,16,17). The number of hydrogen-bond donors (Lipinski definition) is 2. The summed E-state index contributed by atoms with van der Waals surface area (Å²) in [7, 11) is 0. The van der Waals surface area contributed by atoms with E-state index in [1.807, 2.05) is 0 Å². The highest BCUT2D eigenvalue weighted by Gasteiger charge is 2.12. The van der Waals surface area contributed by atoms with E-state index in [1.165, 1.54) is 0 Å². The number of rotatable bonds is 7. The molecule has 0 aliphatic heterocycles. The Kier molecular flexibility index (Phi) is 5.16. The Bertz CT molecular complexity index is 385. The van der Waals surface area contributed by atoms with Gasteiger partial charge in [0.25, 0.3) is 0 Å². The molecule has 4 nitrogen and oxygen atoms in total. The van der Waals surface area contributed by atoms with E-state index in [0.717, 1.165) is 13.0 Å². The molecule has 100 valence electrons. The molecule has 0 aliphatic carbocycles. The van der Waals surface area contributed by atoms with Crippen molar-refractivity contribution in [2.24, 2.45) is 0 Å². The monoisotopic (exact) mass is 251 g/mol. The average molecular weight is 251 g/mol. The van der Waals surface area contributed by atoms with Gasteiger partial charge < -0.3 is 15.2 Å². The van der Waals surface area contributed by atoms with Gasteiger partial charge in [-0.15, -0.1) is 0 Å². The second kappa shape index (κ2) is 6.40. The number of benzene rings is 1. The molecule has 0 unspecified atom stereocenters. The molecule has 2 N–H and O–H groups in total. The topological polar surface area (TPSA) is 58.6 Å². The number of aromatic carboxylic acids is 1. The van der Waals surface area contributed by atoms with E-state index in [4.69, 9.17) is 9.84 Å². The van der Waals surface area contributed by atoms with Crippen LogP contribution in [0.5, 0.6) is 5.75 Å². The quantitative estimate of drug-likeness (QED) is 0.731. The van der Waals surface area contributed by atoms with E-state index >= 15 is 0 Å². The van der Waals surface area contributed by atoms with Gasteiger partial charge in [-0.3, -0.25) is 0 Å². The van der Waals surface area contributed by atoms with Crippen LogP contribution in [0.2, 0.25) is 0 Å². The van der Waals surface area contributed by atoms with Gasteiger partial charge in [-0.05, 0) is 44.5 Å². The predicted octanol–water partition coefficient (Wildman–Crippen LogP) is 2.54. The third-order valence-electron chi connectivity index (χ3n) is 2.96. The molecule has 4 heteroatoms. The molecule has 0 saturated carbocycles. The maximum Gasteiger partial charge on any atom is 0.335 e. The van der Waals surface area contributed by atoms with Crippen LogP contribution < -0.4 is 10.1 Å². The van der Waals surface area contributed by atoms with Gasteiger partial charge in [0.15, 0.2) is 0 Å². The van der Waals surface area contributed by atoms with E-state index in [-0.39, 0.29) is 11.1 Å². The zero-order valence-corrected chi connectivity index (χ0v) is 11.2. The van der Waals surface area contributed by atoms with Crippen LogP contribution in [0.25, 0.3) is 0 Å². The first-order chi connectivity index (χ1) is 8.44. The molecule has 0 amide bonds. The van der Waals surface area contributed by atoms with Crippen molar-refractivity contribution in [1.29, 1.82) is 0 Å². The van der Waals surface area contributed by atoms with Gasteiger partial charge in [0, 0.05) is 12.1 Å². The van der Waals surface area contributed by atoms with Gasteiger partial charge in [0.1, 0.15) is 12.4 Å². The fourth-order valence-electron chi connectivity index (χ4n) is 1.38. The summed E-state index contributed by atoms with van der Waals surface area (Å²) in [5, 5.41) is 12.1. The van der Waals surface area contributed by atoms with Crippen LogP contribution in [-0.2, 0) is 0 Å². The van der Waals surface area contributed by atoms with Gasteiger partial charge in [0.2, 0.25) is 0 Å². The second-order valence-electron chi connectivity index (χ2n) is 4.84. The third-order valence-corrected chi connectivity index (χ3v) is 2.96. The van der Waals surface area contributed by atoms with E-state index in [1.54, 1.807) is 24.3 Å². The van der Waals surface area contributed by atoms with Gasteiger partial charge in [0.05, 0.1) is 5.56 Å². The minimum Gasteiger partial charge on any atom is -0.492 e. The third kappa shape index (κ3) is 4.75. The summed E-state index contributed by atoms with van der Waals surface area (Å²) >= 11 is 0. The summed E-state index contributed by atoms with van der Waals surface area (Å²) in [4.78, 5) is 10.7. The predicted molar refractivity (Wildman–Crippen MR) is 71.3 cm³/mol. The highest BCUT2D eigenvalue weighted by molar-refractivity contribution is 5.87. The number of ether oxygens (including phenoxy) is 1. The zero-order chi connectivity index (χ0) is 13.6. The van der Waals surface area contributed by atoms with Crippen molar-refractivity contribution in [2.75, 3.05) is 13.2 Å². The van der Waals surface area contributed by atoms with Crippen LogP contribution in [0, 0.1) is 0 Å². The number of hydrogen-bond acceptors (Lipinski definition) is 3. The van der Waals surface area contributed by atoms with Crippen molar-refractivity contribution >= 4 is 5.97 Å². The highest BCUT2D eigenvalue weighted by atomic mass is 16.5. The largest absolute Gasteiger partial charge is 0.492 e. The van der Waals surface area contributed by atoms with Crippen LogP contribution in [0.3, 0.4) is 0 Å². The maximum atomic E-state index is 10.7. The van der Waals surface area contributed by atoms with Crippen molar-refractivity contribution in [3.63, 3.8) is 0 Å². The van der Waals surface area contributed by atoms with Gasteiger partial charge in [-0.1, -0.05) is 6.92 Å². The van der Waals surface area contributed by atoms with Crippen molar-refractivity contribution < 1.29 is 14.6 Å². The minimum absolute atomic E-state index is 0.122. The number of carboxylic acid groups (broad SMARTS) is 1. The Balaban J connectivity index is 2.34. The summed E-state index contributed by atoms with van der Waals surface area (Å²) in [6, 6.07) is 6.44. The Morgan fingerprint density at radius 3 is 2.44 bits per heavy atom. The molecule has 0 aromatic heterocycles. The van der Waals surface area contributed by atoms with Crippen LogP contribution >= 0.6 is 0 Å². The fourth-order valence-corrected chi connectivity index (χ4v) is 1.38. The first kappa shape index (κ1) is 14.5. The van der Waals surface area contributed by atoms with E-state index in [2.05, 4.69) is 26.1 Å². The smallest absolute Gasteiger partial charge is 0.335 e. The molecular weight excluding hydrogens is 230 g/mol. The van der Waals surface area contributed by atoms with Crippen molar-refractivity contribution in [3.8, 4) is 5.75 Å². The first-order valence-electron chi connectivity index (χ1n) is 6.16. The average Bonchev–Trinajstić information content (AvgIpc) is 2.35.